The maximum Gasteiger partial charge on any atom is 0.397 e. The van der Waals surface area contributed by atoms with Crippen LogP contribution in [-0.4, -0.2) is 19.6 Å². The van der Waals surface area contributed by atoms with Crippen molar-refractivity contribution in [3.8, 4) is 0 Å². The highest BCUT2D eigenvalue weighted by molar-refractivity contribution is 7.80. The molecule has 2 unspecified atom stereocenters. The summed E-state index contributed by atoms with van der Waals surface area (Å²) in [5.74, 6) is 1.83. The quantitative estimate of drug-likeness (QED) is 0.489. The fraction of sp³-hybridized carbons (Fsp3) is 1.00. The lowest BCUT2D eigenvalue weighted by molar-refractivity contribution is 0.260. The van der Waals surface area contributed by atoms with Crippen LogP contribution in [0.5, 0.6) is 0 Å². The van der Waals surface area contributed by atoms with Gasteiger partial charge in [0.2, 0.25) is 0 Å². The fourth-order valence-corrected chi connectivity index (χ4v) is 3.40. The predicted octanol–water partition coefficient (Wildman–Crippen LogP) is 3.97. The summed E-state index contributed by atoms with van der Waals surface area (Å²) in [6.07, 6.45) is 12.3. The normalized spacial score (nSPS) is 23.9. The topological polar surface area (TPSA) is 63.6 Å². The highest BCUT2D eigenvalue weighted by Crippen LogP contribution is 2.36. The molecule has 1 aliphatic rings. The lowest BCUT2D eigenvalue weighted by Crippen LogP contribution is -2.05. The van der Waals surface area contributed by atoms with Crippen molar-refractivity contribution in [1.82, 2.24) is 0 Å². The molecule has 0 heterocycles. The maximum absolute atomic E-state index is 10.3. The van der Waals surface area contributed by atoms with E-state index < -0.39 is 10.4 Å². The smallest absolute Gasteiger partial charge is 0.264 e. The summed E-state index contributed by atoms with van der Waals surface area (Å²) in [4.78, 5) is 0. The van der Waals surface area contributed by atoms with E-state index in [-0.39, 0.29) is 6.61 Å². The SMILES string of the molecule is CCCCC1CCC(CCCCCOS(=O)(=O)O)C1. The third-order valence-electron chi connectivity index (χ3n) is 4.10. The third-order valence-corrected chi connectivity index (χ3v) is 4.57. The van der Waals surface area contributed by atoms with Crippen LogP contribution in [0.2, 0.25) is 0 Å². The Morgan fingerprint density at radius 1 is 1.05 bits per heavy atom. The molecule has 114 valence electrons. The van der Waals surface area contributed by atoms with Crippen molar-refractivity contribution >= 4 is 10.4 Å². The molecule has 2 atom stereocenters. The molecule has 19 heavy (non-hydrogen) atoms. The highest BCUT2D eigenvalue weighted by atomic mass is 32.3. The van der Waals surface area contributed by atoms with E-state index in [1.807, 2.05) is 0 Å². The van der Waals surface area contributed by atoms with Gasteiger partial charge in [0.25, 0.3) is 0 Å². The minimum absolute atomic E-state index is 0.0998. The van der Waals surface area contributed by atoms with Crippen LogP contribution in [0.1, 0.15) is 71.1 Å². The second-order valence-corrected chi connectivity index (χ2v) is 6.88. The van der Waals surface area contributed by atoms with Gasteiger partial charge in [0.1, 0.15) is 0 Å². The van der Waals surface area contributed by atoms with E-state index in [4.69, 9.17) is 4.55 Å². The molecular formula is C14H28O4S. The molecule has 0 aromatic rings. The standard InChI is InChI=1S/C14H28O4S/c1-2-3-7-13-9-10-14(12-13)8-5-4-6-11-18-19(15,16)17/h13-14H,2-12H2,1H3,(H,15,16,17). The van der Waals surface area contributed by atoms with E-state index in [2.05, 4.69) is 11.1 Å². The monoisotopic (exact) mass is 292 g/mol. The van der Waals surface area contributed by atoms with Crippen molar-refractivity contribution < 1.29 is 17.2 Å². The lowest BCUT2D eigenvalue weighted by Gasteiger charge is -2.10. The summed E-state index contributed by atoms with van der Waals surface area (Å²) >= 11 is 0. The molecule has 1 N–H and O–H groups in total. The Morgan fingerprint density at radius 2 is 1.68 bits per heavy atom. The first-order valence-corrected chi connectivity index (χ1v) is 8.99. The van der Waals surface area contributed by atoms with Crippen LogP contribution in [0.15, 0.2) is 0 Å². The number of hydrogen-bond donors (Lipinski definition) is 1. The van der Waals surface area contributed by atoms with Crippen molar-refractivity contribution in [2.45, 2.75) is 71.1 Å². The molecule has 4 nitrogen and oxygen atoms in total. The van der Waals surface area contributed by atoms with Crippen LogP contribution in [0.4, 0.5) is 0 Å². The van der Waals surface area contributed by atoms with E-state index in [0.717, 1.165) is 24.7 Å². The molecule has 0 aromatic heterocycles. The van der Waals surface area contributed by atoms with Crippen LogP contribution in [-0.2, 0) is 14.6 Å². The summed E-state index contributed by atoms with van der Waals surface area (Å²) in [7, 11) is -4.24. The average molecular weight is 292 g/mol. The maximum atomic E-state index is 10.3. The second kappa shape index (κ2) is 8.93. The zero-order valence-corrected chi connectivity index (χ0v) is 12.8. The molecule has 1 rings (SSSR count). The Morgan fingerprint density at radius 3 is 2.26 bits per heavy atom. The summed E-state index contributed by atoms with van der Waals surface area (Å²) in [5, 5.41) is 0. The summed E-state index contributed by atoms with van der Waals surface area (Å²) < 4.78 is 33.3. The summed E-state index contributed by atoms with van der Waals surface area (Å²) in [6, 6.07) is 0. The van der Waals surface area contributed by atoms with Gasteiger partial charge in [-0.05, 0) is 24.7 Å². The predicted molar refractivity (Wildman–Crippen MR) is 76.3 cm³/mol. The molecule has 1 saturated carbocycles. The molecule has 0 aromatic carbocycles. The molecule has 0 radical (unpaired) electrons. The fourth-order valence-electron chi connectivity index (χ4n) is 3.07. The summed E-state index contributed by atoms with van der Waals surface area (Å²) in [5.41, 5.74) is 0. The van der Waals surface area contributed by atoms with E-state index in [1.165, 1.54) is 44.9 Å². The van der Waals surface area contributed by atoms with Gasteiger partial charge in [0, 0.05) is 0 Å². The molecule has 1 fully saturated rings. The Bertz CT molecular complexity index is 326. The van der Waals surface area contributed by atoms with Crippen molar-refractivity contribution in [2.75, 3.05) is 6.61 Å². The van der Waals surface area contributed by atoms with E-state index in [0.29, 0.717) is 6.42 Å². The molecular weight excluding hydrogens is 264 g/mol. The first-order chi connectivity index (χ1) is 9.01. The van der Waals surface area contributed by atoms with E-state index >= 15 is 0 Å². The van der Waals surface area contributed by atoms with Gasteiger partial charge in [-0.3, -0.25) is 4.55 Å². The van der Waals surface area contributed by atoms with E-state index in [1.54, 1.807) is 0 Å². The molecule has 5 heteroatoms. The minimum atomic E-state index is -4.24. The van der Waals surface area contributed by atoms with Crippen molar-refractivity contribution in [1.29, 1.82) is 0 Å². The Balaban J connectivity index is 1.96. The minimum Gasteiger partial charge on any atom is -0.264 e. The molecule has 0 amide bonds. The zero-order valence-electron chi connectivity index (χ0n) is 12.0. The van der Waals surface area contributed by atoms with Crippen molar-refractivity contribution in [2.24, 2.45) is 11.8 Å². The van der Waals surface area contributed by atoms with Gasteiger partial charge in [-0.1, -0.05) is 58.3 Å². The molecule has 0 aliphatic heterocycles. The molecule has 0 spiro atoms. The van der Waals surface area contributed by atoms with Crippen LogP contribution in [0.3, 0.4) is 0 Å². The van der Waals surface area contributed by atoms with Gasteiger partial charge in [-0.2, -0.15) is 8.42 Å². The van der Waals surface area contributed by atoms with Crippen LogP contribution >= 0.6 is 0 Å². The van der Waals surface area contributed by atoms with Gasteiger partial charge in [-0.15, -0.1) is 0 Å². The lowest BCUT2D eigenvalue weighted by atomic mass is 9.96. The highest BCUT2D eigenvalue weighted by Gasteiger charge is 2.23. The van der Waals surface area contributed by atoms with Crippen LogP contribution in [0, 0.1) is 11.8 Å². The average Bonchev–Trinajstić information content (AvgIpc) is 2.77. The zero-order chi connectivity index (χ0) is 14.1. The van der Waals surface area contributed by atoms with Gasteiger partial charge in [0.05, 0.1) is 6.61 Å². The number of unbranched alkanes of at least 4 members (excludes halogenated alkanes) is 3. The first-order valence-electron chi connectivity index (χ1n) is 7.63. The van der Waals surface area contributed by atoms with Crippen molar-refractivity contribution in [3.05, 3.63) is 0 Å². The summed E-state index contributed by atoms with van der Waals surface area (Å²) in [6.45, 7) is 2.35. The largest absolute Gasteiger partial charge is 0.397 e. The van der Waals surface area contributed by atoms with Gasteiger partial charge in [0.15, 0.2) is 0 Å². The van der Waals surface area contributed by atoms with Gasteiger partial charge >= 0.3 is 10.4 Å². The number of rotatable bonds is 10. The second-order valence-electron chi connectivity index (χ2n) is 5.79. The molecule has 0 bridgehead atoms. The van der Waals surface area contributed by atoms with Gasteiger partial charge in [-0.25, -0.2) is 4.18 Å². The van der Waals surface area contributed by atoms with Crippen LogP contribution < -0.4 is 0 Å². The van der Waals surface area contributed by atoms with Gasteiger partial charge < -0.3 is 0 Å². The Kier molecular flexibility index (Phi) is 7.95. The molecule has 0 saturated heterocycles. The Labute approximate surface area is 117 Å². The van der Waals surface area contributed by atoms with Crippen molar-refractivity contribution in [3.63, 3.8) is 0 Å². The molecule has 1 aliphatic carbocycles. The number of hydrogen-bond acceptors (Lipinski definition) is 3. The van der Waals surface area contributed by atoms with Crippen LogP contribution in [0.25, 0.3) is 0 Å². The third kappa shape index (κ3) is 8.60. The Hall–Kier alpha value is -0.130. The van der Waals surface area contributed by atoms with E-state index in [9.17, 15) is 8.42 Å². The first kappa shape index (κ1) is 16.9.